The lowest BCUT2D eigenvalue weighted by Gasteiger charge is -2.40. The first kappa shape index (κ1) is 39.8. The van der Waals surface area contributed by atoms with Gasteiger partial charge in [-0.1, -0.05) is 200 Å². The highest BCUT2D eigenvalue weighted by atomic mass is 16.5. The third-order valence-electron chi connectivity index (χ3n) is 15.6. The average Bonchev–Trinajstić information content (AvgIpc) is 3.89. The summed E-state index contributed by atoms with van der Waals surface area (Å²) in [5.41, 5.74) is 21.2. The Hall–Kier alpha value is -9.18. The minimum atomic E-state index is -0.617. The molecule has 0 bridgehead atoms. The fourth-order valence-electron chi connectivity index (χ4n) is 12.7. The van der Waals surface area contributed by atoms with Crippen molar-refractivity contribution in [3.05, 3.63) is 305 Å². The SMILES string of the molecule is c1ccc(-c2ccc(-c3ccc(N(c4ccc5c(c4)C4(c6ccccc6Oc6ccccc64)c4ccccc4-5)c4ccc5c(c4)C4(c6ccccc6Oc6ccccc64)c4ccccc4-5)cc3)cc2)cc1. The van der Waals surface area contributed by atoms with Crippen molar-refractivity contribution in [3.63, 3.8) is 0 Å². The monoisotopic (exact) mass is 905 g/mol. The van der Waals surface area contributed by atoms with Crippen molar-refractivity contribution in [1.29, 1.82) is 0 Å². The average molecular weight is 906 g/mol. The molecule has 0 unspecified atom stereocenters. The molecule has 3 nitrogen and oxygen atoms in total. The van der Waals surface area contributed by atoms with Crippen molar-refractivity contribution in [2.45, 2.75) is 10.8 Å². The highest BCUT2D eigenvalue weighted by molar-refractivity contribution is 5.94. The van der Waals surface area contributed by atoms with Gasteiger partial charge in [0.25, 0.3) is 0 Å². The van der Waals surface area contributed by atoms with E-state index >= 15 is 0 Å². The molecule has 0 radical (unpaired) electrons. The number of ether oxygens (including phenoxy) is 2. The second kappa shape index (κ2) is 15.2. The molecule has 11 aromatic carbocycles. The molecule has 2 aliphatic carbocycles. The first-order valence-electron chi connectivity index (χ1n) is 24.5. The summed E-state index contributed by atoms with van der Waals surface area (Å²) in [6.07, 6.45) is 0. The highest BCUT2D eigenvalue weighted by Crippen LogP contribution is 2.65. The minimum Gasteiger partial charge on any atom is -0.457 e. The van der Waals surface area contributed by atoms with Crippen molar-refractivity contribution in [2.24, 2.45) is 0 Å². The van der Waals surface area contributed by atoms with E-state index in [2.05, 4.69) is 266 Å². The van der Waals surface area contributed by atoms with Crippen LogP contribution in [0.5, 0.6) is 23.0 Å². The topological polar surface area (TPSA) is 21.7 Å². The molecule has 0 fully saturated rings. The first-order chi connectivity index (χ1) is 35.2. The van der Waals surface area contributed by atoms with Gasteiger partial charge >= 0.3 is 0 Å². The summed E-state index contributed by atoms with van der Waals surface area (Å²) in [6.45, 7) is 0. The van der Waals surface area contributed by atoms with E-state index in [-0.39, 0.29) is 0 Å². The molecule has 332 valence electrons. The maximum atomic E-state index is 6.74. The molecule has 3 heteroatoms. The second-order valence-corrected chi connectivity index (χ2v) is 19.1. The molecule has 0 saturated carbocycles. The number of hydrogen-bond acceptors (Lipinski definition) is 3. The van der Waals surface area contributed by atoms with E-state index in [1.165, 1.54) is 61.2 Å². The van der Waals surface area contributed by atoms with Crippen LogP contribution in [0, 0.1) is 0 Å². The molecule has 2 heterocycles. The van der Waals surface area contributed by atoms with Gasteiger partial charge in [-0.15, -0.1) is 0 Å². The van der Waals surface area contributed by atoms with Gasteiger partial charge in [0.2, 0.25) is 0 Å². The fraction of sp³-hybridized carbons (Fsp3) is 0.0294. The van der Waals surface area contributed by atoms with Crippen LogP contribution in [0.4, 0.5) is 17.1 Å². The second-order valence-electron chi connectivity index (χ2n) is 19.1. The molecule has 0 saturated heterocycles. The summed E-state index contributed by atoms with van der Waals surface area (Å²) in [5, 5.41) is 0. The number of hydrogen-bond donors (Lipinski definition) is 0. The zero-order chi connectivity index (χ0) is 46.7. The third kappa shape index (κ3) is 5.54. The zero-order valence-corrected chi connectivity index (χ0v) is 38.6. The lowest BCUT2D eigenvalue weighted by atomic mass is 9.66. The van der Waals surface area contributed by atoms with Crippen molar-refractivity contribution < 1.29 is 9.47 Å². The molecule has 0 atom stereocenters. The molecule has 71 heavy (non-hydrogen) atoms. The molecule has 2 aliphatic heterocycles. The Balaban J connectivity index is 0.964. The van der Waals surface area contributed by atoms with E-state index < -0.39 is 10.8 Å². The Morgan fingerprint density at radius 3 is 0.930 bits per heavy atom. The largest absolute Gasteiger partial charge is 0.457 e. The van der Waals surface area contributed by atoms with Crippen LogP contribution in [-0.4, -0.2) is 0 Å². The Kier molecular flexibility index (Phi) is 8.49. The first-order valence-corrected chi connectivity index (χ1v) is 24.5. The molecule has 0 N–H and O–H groups in total. The third-order valence-corrected chi connectivity index (χ3v) is 15.6. The predicted molar refractivity (Wildman–Crippen MR) is 287 cm³/mol. The number of rotatable bonds is 5. The fourth-order valence-corrected chi connectivity index (χ4v) is 12.7. The van der Waals surface area contributed by atoms with Gasteiger partial charge in [0, 0.05) is 39.3 Å². The Bertz CT molecular complexity index is 3660. The van der Waals surface area contributed by atoms with E-state index in [0.717, 1.165) is 67.9 Å². The summed E-state index contributed by atoms with van der Waals surface area (Å²) in [5.74, 6) is 3.51. The molecular formula is C68H43NO2. The summed E-state index contributed by atoms with van der Waals surface area (Å²) in [4.78, 5) is 2.46. The minimum absolute atomic E-state index is 0.617. The van der Waals surface area contributed by atoms with E-state index in [9.17, 15) is 0 Å². The Morgan fingerprint density at radius 1 is 0.225 bits per heavy atom. The van der Waals surface area contributed by atoms with Gasteiger partial charge in [0.15, 0.2) is 0 Å². The molecule has 15 rings (SSSR count). The van der Waals surface area contributed by atoms with Crippen LogP contribution in [-0.2, 0) is 10.8 Å². The maximum absolute atomic E-state index is 6.74. The predicted octanol–water partition coefficient (Wildman–Crippen LogP) is 17.4. The van der Waals surface area contributed by atoms with Crippen molar-refractivity contribution in [1.82, 2.24) is 0 Å². The number of benzene rings is 11. The summed E-state index contributed by atoms with van der Waals surface area (Å²) in [6, 6.07) is 95.2. The van der Waals surface area contributed by atoms with Crippen LogP contribution >= 0.6 is 0 Å². The van der Waals surface area contributed by atoms with Gasteiger partial charge in [-0.05, 0) is 127 Å². The highest BCUT2D eigenvalue weighted by Gasteiger charge is 2.53. The normalized spacial score (nSPS) is 14.1. The summed E-state index contributed by atoms with van der Waals surface area (Å²) >= 11 is 0. The summed E-state index contributed by atoms with van der Waals surface area (Å²) < 4.78 is 13.5. The summed E-state index contributed by atoms with van der Waals surface area (Å²) in [7, 11) is 0. The standard InChI is InChI=1S/C68H43NO2/c1-2-16-44(17-3-1)45-30-32-46(33-31-45)47-34-36-48(37-35-47)69(49-38-40-53-51-18-4-6-20-55(51)67(61(53)42-49)57-22-8-12-26-63(57)70-64-27-13-9-23-58(64)67)50-39-41-54-52-19-5-7-21-56(52)68(62(54)43-50)59-24-10-14-28-65(59)71-66-29-15-11-25-60(66)68/h1-43H. The van der Waals surface area contributed by atoms with E-state index in [4.69, 9.17) is 9.47 Å². The number of nitrogens with zero attached hydrogens (tertiary/aromatic N) is 1. The van der Waals surface area contributed by atoms with Gasteiger partial charge in [-0.25, -0.2) is 0 Å². The van der Waals surface area contributed by atoms with E-state index in [0.29, 0.717) is 0 Å². The Morgan fingerprint density at radius 2 is 0.521 bits per heavy atom. The lowest BCUT2D eigenvalue weighted by Crippen LogP contribution is -2.32. The van der Waals surface area contributed by atoms with Crippen LogP contribution in [0.25, 0.3) is 44.5 Å². The van der Waals surface area contributed by atoms with Crippen LogP contribution in [0.2, 0.25) is 0 Å². The Labute approximate surface area is 413 Å². The quantitative estimate of drug-likeness (QED) is 0.172. The van der Waals surface area contributed by atoms with Gasteiger partial charge in [-0.2, -0.15) is 0 Å². The van der Waals surface area contributed by atoms with E-state index in [1.807, 2.05) is 0 Å². The molecule has 2 spiro atoms. The smallest absolute Gasteiger partial charge is 0.132 e. The van der Waals surface area contributed by atoms with Crippen LogP contribution < -0.4 is 14.4 Å². The van der Waals surface area contributed by atoms with Crippen molar-refractivity contribution in [2.75, 3.05) is 4.90 Å². The number of fused-ring (bicyclic) bond motifs is 18. The molecule has 4 aliphatic rings. The molecule has 0 aromatic heterocycles. The maximum Gasteiger partial charge on any atom is 0.132 e. The molecule has 11 aromatic rings. The van der Waals surface area contributed by atoms with Gasteiger partial charge in [0.05, 0.1) is 10.8 Å². The molecular weight excluding hydrogens is 863 g/mol. The van der Waals surface area contributed by atoms with Gasteiger partial charge < -0.3 is 14.4 Å². The van der Waals surface area contributed by atoms with Crippen LogP contribution in [0.15, 0.2) is 261 Å². The molecule has 0 amide bonds. The number of para-hydroxylation sites is 4. The zero-order valence-electron chi connectivity index (χ0n) is 38.6. The van der Waals surface area contributed by atoms with Crippen molar-refractivity contribution >= 4 is 17.1 Å². The van der Waals surface area contributed by atoms with Crippen LogP contribution in [0.1, 0.15) is 44.5 Å². The van der Waals surface area contributed by atoms with Gasteiger partial charge in [0.1, 0.15) is 23.0 Å². The van der Waals surface area contributed by atoms with Crippen molar-refractivity contribution in [3.8, 4) is 67.5 Å². The van der Waals surface area contributed by atoms with Crippen LogP contribution in [0.3, 0.4) is 0 Å². The van der Waals surface area contributed by atoms with E-state index in [1.54, 1.807) is 0 Å². The lowest BCUT2D eigenvalue weighted by molar-refractivity contribution is 0.436. The van der Waals surface area contributed by atoms with Gasteiger partial charge in [-0.3, -0.25) is 0 Å². The number of anilines is 3.